The Bertz CT molecular complexity index is 1170. The Morgan fingerprint density at radius 2 is 1.97 bits per heavy atom. The number of anilines is 1. The zero-order chi connectivity index (χ0) is 22.6. The first-order valence-electron chi connectivity index (χ1n) is 10.6. The summed E-state index contributed by atoms with van der Waals surface area (Å²) in [5.74, 6) is 0.190. The number of nitrogens with one attached hydrogen (secondary N) is 2. The molecular formula is C22H26N4O4S2. The van der Waals surface area contributed by atoms with Gasteiger partial charge >= 0.3 is 0 Å². The molecule has 3 aromatic rings. The zero-order valence-electron chi connectivity index (χ0n) is 17.8. The Labute approximate surface area is 191 Å². The van der Waals surface area contributed by atoms with Gasteiger partial charge in [-0.05, 0) is 50.1 Å². The van der Waals surface area contributed by atoms with Gasteiger partial charge in [-0.2, -0.15) is 4.31 Å². The molecule has 0 radical (unpaired) electrons. The summed E-state index contributed by atoms with van der Waals surface area (Å²) >= 11 is 1.29. The Hall–Kier alpha value is -2.56. The molecule has 1 fully saturated rings. The van der Waals surface area contributed by atoms with E-state index in [1.54, 1.807) is 12.1 Å². The number of amides is 1. The van der Waals surface area contributed by atoms with Crippen molar-refractivity contribution in [1.29, 1.82) is 0 Å². The third-order valence-electron chi connectivity index (χ3n) is 5.17. The molecule has 1 aliphatic heterocycles. The van der Waals surface area contributed by atoms with E-state index in [1.807, 2.05) is 31.2 Å². The number of carbonyl (C=O) groups is 1. The van der Waals surface area contributed by atoms with Crippen molar-refractivity contribution in [2.75, 3.05) is 30.8 Å². The lowest BCUT2D eigenvalue weighted by molar-refractivity contribution is -0.113. The third kappa shape index (κ3) is 5.08. The van der Waals surface area contributed by atoms with Crippen molar-refractivity contribution in [2.45, 2.75) is 36.2 Å². The van der Waals surface area contributed by atoms with Crippen molar-refractivity contribution in [3.05, 3.63) is 42.5 Å². The van der Waals surface area contributed by atoms with Crippen molar-refractivity contribution in [3.8, 4) is 5.75 Å². The molecule has 0 atom stereocenters. The molecule has 8 nitrogen and oxygen atoms in total. The van der Waals surface area contributed by atoms with Crippen LogP contribution < -0.4 is 10.1 Å². The van der Waals surface area contributed by atoms with Crippen LogP contribution in [0.1, 0.15) is 26.2 Å². The molecule has 0 aliphatic carbocycles. The average Bonchev–Trinajstić information content (AvgIpc) is 3.22. The lowest BCUT2D eigenvalue weighted by atomic mass is 10.2. The van der Waals surface area contributed by atoms with Crippen molar-refractivity contribution in [1.82, 2.24) is 14.3 Å². The second-order valence-electron chi connectivity index (χ2n) is 7.46. The van der Waals surface area contributed by atoms with E-state index in [9.17, 15) is 13.2 Å². The number of carbonyl (C=O) groups excluding carboxylic acids is 1. The minimum Gasteiger partial charge on any atom is -0.492 e. The first-order chi connectivity index (χ1) is 15.5. The van der Waals surface area contributed by atoms with Gasteiger partial charge in [-0.3, -0.25) is 4.79 Å². The van der Waals surface area contributed by atoms with Gasteiger partial charge in [0, 0.05) is 18.8 Å². The largest absolute Gasteiger partial charge is 0.492 e. The second kappa shape index (κ2) is 9.93. The molecule has 0 saturated carbocycles. The van der Waals surface area contributed by atoms with Crippen LogP contribution in [0.3, 0.4) is 0 Å². The highest BCUT2D eigenvalue weighted by Gasteiger charge is 2.29. The number of nitrogens with zero attached hydrogens (tertiary/aromatic N) is 2. The summed E-state index contributed by atoms with van der Waals surface area (Å²) in [5.41, 5.74) is 2.17. The predicted molar refractivity (Wildman–Crippen MR) is 126 cm³/mol. The summed E-state index contributed by atoms with van der Waals surface area (Å²) in [6, 6.07) is 12.4. The minimum atomic E-state index is -3.71. The summed E-state index contributed by atoms with van der Waals surface area (Å²) in [4.78, 5) is 20.2. The number of aromatic nitrogens is 2. The van der Waals surface area contributed by atoms with Gasteiger partial charge in [0.25, 0.3) is 0 Å². The fourth-order valence-electron chi connectivity index (χ4n) is 3.64. The molecule has 0 unspecified atom stereocenters. The number of hydrogen-bond acceptors (Lipinski definition) is 6. The SMILES string of the molecule is CCOc1ccc(NC(=O)CSc2nc3ccccc3[nH]2)cc1S(=O)(=O)N1CCCCC1. The molecule has 170 valence electrons. The number of hydrogen-bond donors (Lipinski definition) is 2. The van der Waals surface area contributed by atoms with Crippen LogP contribution >= 0.6 is 11.8 Å². The Balaban J connectivity index is 1.48. The Morgan fingerprint density at radius 1 is 1.19 bits per heavy atom. The molecule has 2 aromatic carbocycles. The monoisotopic (exact) mass is 474 g/mol. The summed E-state index contributed by atoms with van der Waals surface area (Å²) in [6.45, 7) is 3.15. The van der Waals surface area contributed by atoms with Gasteiger partial charge in [-0.1, -0.05) is 30.3 Å². The normalized spacial score (nSPS) is 15.0. The number of H-pyrrole nitrogens is 1. The van der Waals surface area contributed by atoms with E-state index in [-0.39, 0.29) is 16.6 Å². The van der Waals surface area contributed by atoms with Crippen LogP contribution in [0.25, 0.3) is 11.0 Å². The molecule has 32 heavy (non-hydrogen) atoms. The van der Waals surface area contributed by atoms with E-state index in [4.69, 9.17) is 4.74 Å². The number of aromatic amines is 1. The first kappa shape index (κ1) is 22.6. The lowest BCUT2D eigenvalue weighted by Gasteiger charge is -2.27. The molecule has 1 aromatic heterocycles. The Kier molecular flexibility index (Phi) is 7.02. The number of ether oxygens (including phenoxy) is 1. The van der Waals surface area contributed by atoms with Crippen LogP contribution in [0.5, 0.6) is 5.75 Å². The Morgan fingerprint density at radius 3 is 2.72 bits per heavy atom. The van der Waals surface area contributed by atoms with Gasteiger partial charge < -0.3 is 15.0 Å². The zero-order valence-corrected chi connectivity index (χ0v) is 19.5. The molecule has 4 rings (SSSR count). The van der Waals surface area contributed by atoms with E-state index in [0.29, 0.717) is 36.3 Å². The average molecular weight is 475 g/mol. The van der Waals surface area contributed by atoms with Crippen molar-refractivity contribution in [2.24, 2.45) is 0 Å². The highest BCUT2D eigenvalue weighted by atomic mass is 32.2. The van der Waals surface area contributed by atoms with E-state index >= 15 is 0 Å². The summed E-state index contributed by atoms with van der Waals surface area (Å²) in [7, 11) is -3.71. The quantitative estimate of drug-likeness (QED) is 0.480. The topological polar surface area (TPSA) is 104 Å². The molecular weight excluding hydrogens is 448 g/mol. The number of benzene rings is 2. The maximum absolute atomic E-state index is 13.2. The van der Waals surface area contributed by atoms with Gasteiger partial charge in [0.2, 0.25) is 15.9 Å². The maximum atomic E-state index is 13.2. The molecule has 10 heteroatoms. The molecule has 2 N–H and O–H groups in total. The van der Waals surface area contributed by atoms with E-state index in [1.165, 1.54) is 22.1 Å². The fraction of sp³-hybridized carbons (Fsp3) is 0.364. The van der Waals surface area contributed by atoms with Gasteiger partial charge in [0.1, 0.15) is 10.6 Å². The van der Waals surface area contributed by atoms with Gasteiger partial charge in [-0.25, -0.2) is 13.4 Å². The highest BCUT2D eigenvalue weighted by Crippen LogP contribution is 2.31. The number of thioether (sulfide) groups is 1. The molecule has 2 heterocycles. The number of para-hydroxylation sites is 2. The van der Waals surface area contributed by atoms with E-state index in [2.05, 4.69) is 15.3 Å². The van der Waals surface area contributed by atoms with E-state index < -0.39 is 10.0 Å². The maximum Gasteiger partial charge on any atom is 0.246 e. The summed E-state index contributed by atoms with van der Waals surface area (Å²) < 4.78 is 33.5. The standard InChI is InChI=1S/C22H26N4O4S2/c1-2-30-19-11-10-16(14-20(19)32(28,29)26-12-6-3-7-13-26)23-21(27)15-31-22-24-17-8-4-5-9-18(17)25-22/h4-5,8-11,14H,2-3,6-7,12-13,15H2,1H3,(H,23,27)(H,24,25). The number of fused-ring (bicyclic) bond motifs is 1. The van der Waals surface area contributed by atoms with Crippen LogP contribution in [0.2, 0.25) is 0 Å². The van der Waals surface area contributed by atoms with Crippen LogP contribution in [0, 0.1) is 0 Å². The van der Waals surface area contributed by atoms with E-state index in [0.717, 1.165) is 30.3 Å². The number of rotatable bonds is 8. The van der Waals surface area contributed by atoms with Crippen LogP contribution in [-0.2, 0) is 14.8 Å². The highest BCUT2D eigenvalue weighted by molar-refractivity contribution is 7.99. The molecule has 1 aliphatic rings. The second-order valence-corrected chi connectivity index (χ2v) is 10.3. The number of sulfonamides is 1. The van der Waals surface area contributed by atoms with Crippen LogP contribution in [-0.4, -0.2) is 54.0 Å². The molecule has 1 saturated heterocycles. The third-order valence-corrected chi connectivity index (χ3v) is 7.96. The van der Waals surface area contributed by atoms with Crippen molar-refractivity contribution in [3.63, 3.8) is 0 Å². The predicted octanol–water partition coefficient (Wildman–Crippen LogP) is 3.87. The number of piperidine rings is 1. The molecule has 0 spiro atoms. The van der Waals surface area contributed by atoms with Crippen molar-refractivity contribution < 1.29 is 17.9 Å². The van der Waals surface area contributed by atoms with Gasteiger partial charge in [-0.15, -0.1) is 0 Å². The van der Waals surface area contributed by atoms with Gasteiger partial charge in [0.15, 0.2) is 5.16 Å². The minimum absolute atomic E-state index is 0.0870. The number of imidazole rings is 1. The molecule has 1 amide bonds. The molecule has 0 bridgehead atoms. The summed E-state index contributed by atoms with van der Waals surface area (Å²) in [6.07, 6.45) is 2.72. The summed E-state index contributed by atoms with van der Waals surface area (Å²) in [5, 5.41) is 3.44. The first-order valence-corrected chi connectivity index (χ1v) is 13.0. The van der Waals surface area contributed by atoms with Crippen molar-refractivity contribution >= 4 is 44.4 Å². The van der Waals surface area contributed by atoms with Gasteiger partial charge in [0.05, 0.1) is 23.4 Å². The van der Waals surface area contributed by atoms with Crippen LogP contribution in [0.4, 0.5) is 5.69 Å². The smallest absolute Gasteiger partial charge is 0.246 e. The fourth-order valence-corrected chi connectivity index (χ4v) is 5.99. The lowest BCUT2D eigenvalue weighted by Crippen LogP contribution is -2.35. The van der Waals surface area contributed by atoms with Crippen LogP contribution in [0.15, 0.2) is 52.5 Å².